The Bertz CT molecular complexity index is 538. The number of carbonyl (C=O) groups excluding carboxylic acids is 2. The summed E-state index contributed by atoms with van der Waals surface area (Å²) in [6, 6.07) is 7.42. The largest absolute Gasteiger partial charge is 0.339 e. The van der Waals surface area contributed by atoms with Gasteiger partial charge in [0.2, 0.25) is 5.91 Å². The van der Waals surface area contributed by atoms with Gasteiger partial charge in [0.25, 0.3) is 5.91 Å². The Morgan fingerprint density at radius 2 is 1.86 bits per heavy atom. The highest BCUT2D eigenvalue weighted by atomic mass is 32.1. The molecule has 1 aromatic rings. The van der Waals surface area contributed by atoms with Gasteiger partial charge in [-0.05, 0) is 48.8 Å². The van der Waals surface area contributed by atoms with Crippen molar-refractivity contribution in [3.8, 4) is 0 Å². The molecule has 2 heterocycles. The lowest BCUT2D eigenvalue weighted by Crippen LogP contribution is -2.28. The summed E-state index contributed by atoms with van der Waals surface area (Å²) in [7, 11) is 0. The van der Waals surface area contributed by atoms with Crippen molar-refractivity contribution < 1.29 is 9.59 Å². The van der Waals surface area contributed by atoms with Crippen LogP contribution in [0.15, 0.2) is 24.3 Å². The highest BCUT2D eigenvalue weighted by molar-refractivity contribution is 7.80. The molecule has 21 heavy (non-hydrogen) atoms. The summed E-state index contributed by atoms with van der Waals surface area (Å²) in [4.78, 5) is 28.0. The Kier molecular flexibility index (Phi) is 4.19. The SMILES string of the molecule is O=C(c1ccc(N2CC(CS)CC2=O)cc1)N1CCCC1. The van der Waals surface area contributed by atoms with Crippen LogP contribution in [-0.2, 0) is 4.79 Å². The molecule has 5 heteroatoms. The number of anilines is 1. The lowest BCUT2D eigenvalue weighted by molar-refractivity contribution is -0.117. The van der Waals surface area contributed by atoms with Crippen LogP contribution in [0.3, 0.4) is 0 Å². The minimum Gasteiger partial charge on any atom is -0.339 e. The minimum atomic E-state index is 0.0973. The Hall–Kier alpha value is -1.49. The summed E-state index contributed by atoms with van der Waals surface area (Å²) in [5.41, 5.74) is 1.58. The van der Waals surface area contributed by atoms with Crippen LogP contribution in [0, 0.1) is 5.92 Å². The van der Waals surface area contributed by atoms with Gasteiger partial charge in [0, 0.05) is 37.3 Å². The standard InChI is InChI=1S/C16H20N2O2S/c19-15-9-12(11-21)10-18(15)14-5-3-13(4-6-14)16(20)17-7-1-2-8-17/h3-6,12,21H,1-2,7-11H2. The molecule has 2 saturated heterocycles. The number of nitrogens with zero attached hydrogens (tertiary/aromatic N) is 2. The zero-order valence-corrected chi connectivity index (χ0v) is 12.9. The summed E-state index contributed by atoms with van der Waals surface area (Å²) in [5, 5.41) is 0. The smallest absolute Gasteiger partial charge is 0.253 e. The van der Waals surface area contributed by atoms with E-state index in [-0.39, 0.29) is 11.8 Å². The van der Waals surface area contributed by atoms with E-state index in [0.717, 1.165) is 43.9 Å². The van der Waals surface area contributed by atoms with Gasteiger partial charge in [0.15, 0.2) is 0 Å². The van der Waals surface area contributed by atoms with E-state index in [0.29, 0.717) is 17.9 Å². The van der Waals surface area contributed by atoms with Gasteiger partial charge in [-0.1, -0.05) is 0 Å². The third-order valence-corrected chi connectivity index (χ3v) is 4.80. The highest BCUT2D eigenvalue weighted by Gasteiger charge is 2.29. The van der Waals surface area contributed by atoms with Gasteiger partial charge in [-0.3, -0.25) is 9.59 Å². The van der Waals surface area contributed by atoms with Crippen LogP contribution in [0.4, 0.5) is 5.69 Å². The Balaban J connectivity index is 1.72. The molecular formula is C16H20N2O2S. The topological polar surface area (TPSA) is 40.6 Å². The van der Waals surface area contributed by atoms with Crippen molar-refractivity contribution in [3.63, 3.8) is 0 Å². The molecule has 0 saturated carbocycles. The van der Waals surface area contributed by atoms with E-state index < -0.39 is 0 Å². The maximum atomic E-state index is 12.3. The van der Waals surface area contributed by atoms with Crippen molar-refractivity contribution in [1.29, 1.82) is 0 Å². The highest BCUT2D eigenvalue weighted by Crippen LogP contribution is 2.26. The summed E-state index contributed by atoms with van der Waals surface area (Å²) >= 11 is 4.27. The Morgan fingerprint density at radius 1 is 1.19 bits per heavy atom. The molecule has 1 unspecified atom stereocenters. The molecule has 1 atom stereocenters. The van der Waals surface area contributed by atoms with E-state index in [2.05, 4.69) is 12.6 Å². The Labute approximate surface area is 130 Å². The molecule has 0 radical (unpaired) electrons. The first-order valence-corrected chi connectivity index (χ1v) is 8.13. The molecule has 0 aliphatic carbocycles. The van der Waals surface area contributed by atoms with Gasteiger partial charge in [-0.2, -0.15) is 12.6 Å². The van der Waals surface area contributed by atoms with Crippen molar-refractivity contribution in [2.75, 3.05) is 30.3 Å². The van der Waals surface area contributed by atoms with Gasteiger partial charge < -0.3 is 9.80 Å². The summed E-state index contributed by atoms with van der Waals surface area (Å²) in [6.45, 7) is 2.44. The van der Waals surface area contributed by atoms with Crippen LogP contribution >= 0.6 is 12.6 Å². The Morgan fingerprint density at radius 3 is 2.43 bits per heavy atom. The molecule has 112 valence electrons. The number of hydrogen-bond donors (Lipinski definition) is 1. The molecule has 0 aromatic heterocycles. The summed E-state index contributed by atoms with van der Waals surface area (Å²) in [5.74, 6) is 1.30. The fourth-order valence-electron chi connectivity index (χ4n) is 3.04. The molecule has 0 N–H and O–H groups in total. The quantitative estimate of drug-likeness (QED) is 0.870. The van der Waals surface area contributed by atoms with Crippen LogP contribution in [-0.4, -0.2) is 42.1 Å². The number of thiol groups is 1. The van der Waals surface area contributed by atoms with Gasteiger partial charge in [0.05, 0.1) is 0 Å². The zero-order chi connectivity index (χ0) is 14.8. The van der Waals surface area contributed by atoms with E-state index in [4.69, 9.17) is 0 Å². The van der Waals surface area contributed by atoms with Crippen LogP contribution in [0.2, 0.25) is 0 Å². The molecule has 0 spiro atoms. The third kappa shape index (κ3) is 2.93. The molecular weight excluding hydrogens is 284 g/mol. The minimum absolute atomic E-state index is 0.0973. The predicted molar refractivity (Wildman–Crippen MR) is 85.9 cm³/mol. The van der Waals surface area contributed by atoms with Crippen molar-refractivity contribution >= 4 is 30.1 Å². The van der Waals surface area contributed by atoms with E-state index in [1.54, 1.807) is 4.90 Å². The van der Waals surface area contributed by atoms with E-state index in [1.807, 2.05) is 29.2 Å². The van der Waals surface area contributed by atoms with Crippen molar-refractivity contribution in [2.24, 2.45) is 5.92 Å². The molecule has 3 rings (SSSR count). The fourth-order valence-corrected chi connectivity index (χ4v) is 3.28. The molecule has 1 aromatic carbocycles. The second-order valence-corrected chi connectivity index (χ2v) is 6.17. The monoisotopic (exact) mass is 304 g/mol. The average molecular weight is 304 g/mol. The van der Waals surface area contributed by atoms with Crippen LogP contribution < -0.4 is 4.90 Å². The van der Waals surface area contributed by atoms with Gasteiger partial charge >= 0.3 is 0 Å². The van der Waals surface area contributed by atoms with Crippen LogP contribution in [0.1, 0.15) is 29.6 Å². The zero-order valence-electron chi connectivity index (χ0n) is 12.0. The van der Waals surface area contributed by atoms with Crippen molar-refractivity contribution in [1.82, 2.24) is 4.90 Å². The van der Waals surface area contributed by atoms with Crippen molar-refractivity contribution in [3.05, 3.63) is 29.8 Å². The van der Waals surface area contributed by atoms with Crippen LogP contribution in [0.25, 0.3) is 0 Å². The second kappa shape index (κ2) is 6.10. The molecule has 0 bridgehead atoms. The molecule has 2 aliphatic heterocycles. The van der Waals surface area contributed by atoms with E-state index in [9.17, 15) is 9.59 Å². The first-order valence-electron chi connectivity index (χ1n) is 7.49. The van der Waals surface area contributed by atoms with Gasteiger partial charge in [-0.15, -0.1) is 0 Å². The average Bonchev–Trinajstić information content (AvgIpc) is 3.16. The third-order valence-electron chi connectivity index (χ3n) is 4.28. The lowest BCUT2D eigenvalue weighted by atomic mass is 10.1. The number of hydrogen-bond acceptors (Lipinski definition) is 3. The van der Waals surface area contributed by atoms with Gasteiger partial charge in [-0.25, -0.2) is 0 Å². The number of benzene rings is 1. The lowest BCUT2D eigenvalue weighted by Gasteiger charge is -2.18. The van der Waals surface area contributed by atoms with E-state index >= 15 is 0 Å². The molecule has 2 aliphatic rings. The first kappa shape index (κ1) is 14.4. The fraction of sp³-hybridized carbons (Fsp3) is 0.500. The predicted octanol–water partition coefficient (Wildman–Crippen LogP) is 2.21. The maximum absolute atomic E-state index is 12.3. The van der Waals surface area contributed by atoms with E-state index in [1.165, 1.54) is 0 Å². The number of carbonyl (C=O) groups is 2. The van der Waals surface area contributed by atoms with Crippen LogP contribution in [0.5, 0.6) is 0 Å². The first-order chi connectivity index (χ1) is 10.2. The number of rotatable bonds is 3. The maximum Gasteiger partial charge on any atom is 0.253 e. The van der Waals surface area contributed by atoms with Crippen molar-refractivity contribution in [2.45, 2.75) is 19.3 Å². The number of likely N-dealkylation sites (tertiary alicyclic amines) is 1. The molecule has 2 fully saturated rings. The molecule has 4 nitrogen and oxygen atoms in total. The second-order valence-electron chi connectivity index (χ2n) is 5.80. The van der Waals surface area contributed by atoms with Gasteiger partial charge in [0.1, 0.15) is 0 Å². The summed E-state index contributed by atoms with van der Waals surface area (Å²) < 4.78 is 0. The normalized spacial score (nSPS) is 22.1. The molecule has 2 amide bonds. The number of amides is 2. The summed E-state index contributed by atoms with van der Waals surface area (Å²) in [6.07, 6.45) is 2.76.